The molecule has 7 heteroatoms. The molecule has 0 saturated heterocycles. The lowest BCUT2D eigenvalue weighted by molar-refractivity contribution is -0.384. The van der Waals surface area contributed by atoms with Gasteiger partial charge in [0.1, 0.15) is 0 Å². The van der Waals surface area contributed by atoms with Gasteiger partial charge in [0.15, 0.2) is 0 Å². The molecule has 7 nitrogen and oxygen atoms in total. The van der Waals surface area contributed by atoms with Gasteiger partial charge < -0.3 is 4.57 Å². The van der Waals surface area contributed by atoms with Crippen LogP contribution in [0.1, 0.15) is 16.7 Å². The highest BCUT2D eigenvalue weighted by Crippen LogP contribution is 2.41. The van der Waals surface area contributed by atoms with Crippen LogP contribution < -0.4 is 5.32 Å². The Morgan fingerprint density at radius 1 is 1.03 bits per heavy atom. The number of nitro groups is 1. The Bertz CT molecular complexity index is 1330. The number of hydrogen-bond donors (Lipinski definition) is 1. The SMILES string of the molecule is Cn1cc(C2=C(C3=CCc4ccccc43)C(=O)NC2=O)c2ccc([N+](=O)[O-])cc21. The summed E-state index contributed by atoms with van der Waals surface area (Å²) in [5.74, 6) is -0.881. The van der Waals surface area contributed by atoms with Gasteiger partial charge in [0.05, 0.1) is 21.6 Å². The molecular formula is C22H15N3O4. The molecule has 0 unspecified atom stereocenters. The van der Waals surface area contributed by atoms with Crippen molar-refractivity contribution in [2.75, 3.05) is 0 Å². The van der Waals surface area contributed by atoms with Crippen molar-refractivity contribution in [2.45, 2.75) is 6.42 Å². The molecule has 2 aromatic carbocycles. The van der Waals surface area contributed by atoms with Crippen LogP contribution in [0.5, 0.6) is 0 Å². The first-order valence-electron chi connectivity index (χ1n) is 9.08. The number of imide groups is 1. The number of hydrogen-bond acceptors (Lipinski definition) is 4. The number of allylic oxidation sites excluding steroid dienone is 1. The molecule has 3 aromatic rings. The van der Waals surface area contributed by atoms with Crippen LogP contribution in [-0.2, 0) is 23.1 Å². The topological polar surface area (TPSA) is 94.2 Å². The number of nitro benzene ring substituents is 1. The molecule has 0 spiro atoms. The molecule has 29 heavy (non-hydrogen) atoms. The Morgan fingerprint density at radius 3 is 2.59 bits per heavy atom. The number of amides is 2. The third-order valence-electron chi connectivity index (χ3n) is 5.49. The van der Waals surface area contributed by atoms with Crippen molar-refractivity contribution in [2.24, 2.45) is 7.05 Å². The fourth-order valence-electron chi connectivity index (χ4n) is 4.17. The van der Waals surface area contributed by atoms with E-state index in [2.05, 4.69) is 5.32 Å². The Kier molecular flexibility index (Phi) is 3.54. The van der Waals surface area contributed by atoms with Gasteiger partial charge >= 0.3 is 0 Å². The predicted octanol–water partition coefficient (Wildman–Crippen LogP) is 3.14. The van der Waals surface area contributed by atoms with E-state index in [0.29, 0.717) is 34.0 Å². The van der Waals surface area contributed by atoms with Gasteiger partial charge in [-0.15, -0.1) is 0 Å². The molecule has 0 saturated carbocycles. The molecule has 2 aliphatic rings. The molecule has 1 aromatic heterocycles. The van der Waals surface area contributed by atoms with E-state index in [1.165, 1.54) is 12.1 Å². The average Bonchev–Trinajstić information content (AvgIpc) is 3.35. The Balaban J connectivity index is 1.77. The number of carbonyl (C=O) groups is 2. The molecule has 2 amide bonds. The normalized spacial score (nSPS) is 15.7. The zero-order chi connectivity index (χ0) is 20.3. The second-order valence-corrected chi connectivity index (χ2v) is 7.12. The van der Waals surface area contributed by atoms with Gasteiger partial charge in [-0.2, -0.15) is 0 Å². The van der Waals surface area contributed by atoms with Crippen molar-refractivity contribution < 1.29 is 14.5 Å². The second-order valence-electron chi connectivity index (χ2n) is 7.12. The van der Waals surface area contributed by atoms with Gasteiger partial charge in [-0.3, -0.25) is 25.0 Å². The molecule has 1 aliphatic heterocycles. The number of non-ortho nitro benzene ring substituents is 1. The molecule has 0 bridgehead atoms. The number of carbonyl (C=O) groups excluding carboxylic acids is 2. The fourth-order valence-corrected chi connectivity index (χ4v) is 4.17. The van der Waals surface area contributed by atoms with Crippen molar-refractivity contribution in [1.29, 1.82) is 0 Å². The summed E-state index contributed by atoms with van der Waals surface area (Å²) in [5.41, 5.74) is 4.63. The van der Waals surface area contributed by atoms with Crippen molar-refractivity contribution in [3.63, 3.8) is 0 Å². The summed E-state index contributed by atoms with van der Waals surface area (Å²) in [6, 6.07) is 12.3. The Labute approximate surface area is 165 Å². The first-order chi connectivity index (χ1) is 14.0. The van der Waals surface area contributed by atoms with Crippen molar-refractivity contribution in [1.82, 2.24) is 9.88 Å². The minimum absolute atomic E-state index is 0.0289. The van der Waals surface area contributed by atoms with Crippen molar-refractivity contribution in [3.8, 4) is 0 Å². The summed E-state index contributed by atoms with van der Waals surface area (Å²) in [7, 11) is 1.76. The van der Waals surface area contributed by atoms with Gasteiger partial charge in [0.2, 0.25) is 0 Å². The standard InChI is InChI=1S/C22H15N3O4/c1-24-11-17(15-9-7-13(25(28)29)10-18(15)24)20-19(21(26)23-22(20)27)16-8-6-12-4-2-3-5-14(12)16/h2-5,7-11H,6H2,1H3,(H,23,26,27). The minimum atomic E-state index is -0.457. The number of benzene rings is 2. The highest BCUT2D eigenvalue weighted by molar-refractivity contribution is 6.41. The maximum absolute atomic E-state index is 12.8. The van der Waals surface area contributed by atoms with E-state index in [-0.39, 0.29) is 5.69 Å². The van der Waals surface area contributed by atoms with Crippen LogP contribution in [0.2, 0.25) is 0 Å². The maximum atomic E-state index is 12.8. The van der Waals surface area contributed by atoms with Crippen LogP contribution in [0.3, 0.4) is 0 Å². The lowest BCUT2D eigenvalue weighted by Gasteiger charge is -2.07. The lowest BCUT2D eigenvalue weighted by atomic mass is 9.92. The van der Waals surface area contributed by atoms with Gasteiger partial charge in [-0.1, -0.05) is 30.3 Å². The smallest absolute Gasteiger partial charge is 0.271 e. The number of aryl methyl sites for hydroxylation is 1. The van der Waals surface area contributed by atoms with E-state index in [9.17, 15) is 19.7 Å². The summed E-state index contributed by atoms with van der Waals surface area (Å²) in [5, 5.41) is 14.2. The molecule has 142 valence electrons. The average molecular weight is 385 g/mol. The number of nitrogens with one attached hydrogen (secondary N) is 1. The van der Waals surface area contributed by atoms with Crippen molar-refractivity contribution in [3.05, 3.63) is 87.1 Å². The zero-order valence-corrected chi connectivity index (χ0v) is 15.4. The van der Waals surface area contributed by atoms with E-state index in [1.807, 2.05) is 30.3 Å². The molecular weight excluding hydrogens is 370 g/mol. The van der Waals surface area contributed by atoms with E-state index < -0.39 is 16.7 Å². The lowest BCUT2D eigenvalue weighted by Crippen LogP contribution is -2.23. The van der Waals surface area contributed by atoms with E-state index in [4.69, 9.17) is 0 Å². The second kappa shape index (κ2) is 6.00. The third kappa shape index (κ3) is 2.44. The summed E-state index contributed by atoms with van der Waals surface area (Å²) in [6.07, 6.45) is 4.41. The van der Waals surface area contributed by atoms with Crippen LogP contribution in [0.4, 0.5) is 5.69 Å². The summed E-state index contributed by atoms with van der Waals surface area (Å²) in [4.78, 5) is 36.2. The highest BCUT2D eigenvalue weighted by Gasteiger charge is 2.36. The minimum Gasteiger partial charge on any atom is -0.350 e. The van der Waals surface area contributed by atoms with Gasteiger partial charge in [-0.05, 0) is 29.2 Å². The highest BCUT2D eigenvalue weighted by atomic mass is 16.6. The van der Waals surface area contributed by atoms with Crippen LogP contribution in [0, 0.1) is 10.1 Å². The fraction of sp³-hybridized carbons (Fsp3) is 0.0909. The number of nitrogens with zero attached hydrogens (tertiary/aromatic N) is 2. The zero-order valence-electron chi connectivity index (χ0n) is 15.4. The van der Waals surface area contributed by atoms with Gasteiger partial charge in [0.25, 0.3) is 17.5 Å². The number of rotatable bonds is 3. The van der Waals surface area contributed by atoms with E-state index in [0.717, 1.165) is 16.7 Å². The van der Waals surface area contributed by atoms with E-state index in [1.54, 1.807) is 23.9 Å². The number of fused-ring (bicyclic) bond motifs is 2. The molecule has 1 aliphatic carbocycles. The van der Waals surface area contributed by atoms with Crippen LogP contribution in [-0.4, -0.2) is 21.3 Å². The van der Waals surface area contributed by atoms with Crippen LogP contribution in [0.15, 0.2) is 60.3 Å². The largest absolute Gasteiger partial charge is 0.350 e. The Morgan fingerprint density at radius 2 is 1.79 bits per heavy atom. The summed E-state index contributed by atoms with van der Waals surface area (Å²) < 4.78 is 1.73. The Hall–Kier alpha value is -4.00. The third-order valence-corrected chi connectivity index (χ3v) is 5.49. The van der Waals surface area contributed by atoms with E-state index >= 15 is 0 Å². The molecule has 0 atom stereocenters. The molecule has 2 heterocycles. The number of aromatic nitrogens is 1. The monoisotopic (exact) mass is 385 g/mol. The molecule has 0 radical (unpaired) electrons. The van der Waals surface area contributed by atoms with Gasteiger partial charge in [0, 0.05) is 36.3 Å². The summed E-state index contributed by atoms with van der Waals surface area (Å²) >= 11 is 0. The first kappa shape index (κ1) is 17.1. The van der Waals surface area contributed by atoms with Crippen molar-refractivity contribution >= 4 is 39.6 Å². The quantitative estimate of drug-likeness (QED) is 0.426. The predicted molar refractivity (Wildman–Crippen MR) is 108 cm³/mol. The summed E-state index contributed by atoms with van der Waals surface area (Å²) in [6.45, 7) is 0. The molecule has 5 rings (SSSR count). The van der Waals surface area contributed by atoms with Crippen LogP contribution >= 0.6 is 0 Å². The maximum Gasteiger partial charge on any atom is 0.271 e. The molecule has 1 N–H and O–H groups in total. The van der Waals surface area contributed by atoms with Crippen LogP contribution in [0.25, 0.3) is 22.0 Å². The first-order valence-corrected chi connectivity index (χ1v) is 9.08. The molecule has 0 fully saturated rings. The van der Waals surface area contributed by atoms with Gasteiger partial charge in [-0.25, -0.2) is 0 Å².